The summed E-state index contributed by atoms with van der Waals surface area (Å²) in [6, 6.07) is 20.5. The molecule has 0 unspecified atom stereocenters. The van der Waals surface area contributed by atoms with Crippen molar-refractivity contribution in [3.05, 3.63) is 83.9 Å². The Balaban J connectivity index is 2.09. The maximum Gasteiger partial charge on any atom is 0.0628 e. The van der Waals surface area contributed by atoms with Gasteiger partial charge >= 0.3 is 0 Å². The summed E-state index contributed by atoms with van der Waals surface area (Å²) in [6.07, 6.45) is 9.92. The van der Waals surface area contributed by atoms with Crippen LogP contribution in [0.2, 0.25) is 0 Å². The van der Waals surface area contributed by atoms with E-state index >= 15 is 0 Å². The second-order valence-electron chi connectivity index (χ2n) is 5.38. The van der Waals surface area contributed by atoms with Gasteiger partial charge in [-0.1, -0.05) is 86.7 Å². The highest BCUT2D eigenvalue weighted by Gasteiger charge is 1.93. The maximum atomic E-state index is 4.41. The molecular weight excluding hydrogens is 292 g/mol. The topological polar surface area (TPSA) is 24.7 Å². The van der Waals surface area contributed by atoms with Gasteiger partial charge in [-0.2, -0.15) is 10.2 Å². The number of rotatable bonds is 7. The standard InChI is InChI=1S/C22H24N2/c1-3-21(17-15-19-11-7-5-8-12-19)23-24-22(4-2)18-16-20-13-9-6-10-14-20/h5-18H,3-4H2,1-2H3/b17-15-,18-16-,23-21-,24-22-. The van der Waals surface area contributed by atoms with Crippen molar-refractivity contribution in [1.29, 1.82) is 0 Å². The van der Waals surface area contributed by atoms with Crippen molar-refractivity contribution in [3.8, 4) is 0 Å². The second-order valence-corrected chi connectivity index (χ2v) is 5.38. The molecule has 2 heteroatoms. The third kappa shape index (κ3) is 6.17. The molecule has 0 aliphatic carbocycles. The Morgan fingerprint density at radius 1 is 0.667 bits per heavy atom. The largest absolute Gasteiger partial charge is 0.155 e. The van der Waals surface area contributed by atoms with Crippen LogP contribution < -0.4 is 0 Å². The van der Waals surface area contributed by atoms with E-state index in [-0.39, 0.29) is 0 Å². The monoisotopic (exact) mass is 316 g/mol. The van der Waals surface area contributed by atoms with Gasteiger partial charge in [-0.15, -0.1) is 0 Å². The molecule has 0 bridgehead atoms. The molecule has 0 saturated carbocycles. The lowest BCUT2D eigenvalue weighted by Crippen LogP contribution is -1.93. The van der Waals surface area contributed by atoms with Crippen LogP contribution in [0.1, 0.15) is 37.8 Å². The van der Waals surface area contributed by atoms with Crippen LogP contribution in [0.4, 0.5) is 0 Å². The fraction of sp³-hybridized carbons (Fsp3) is 0.182. The normalized spacial score (nSPS) is 13.1. The molecule has 0 fully saturated rings. The van der Waals surface area contributed by atoms with Crippen molar-refractivity contribution in [1.82, 2.24) is 0 Å². The number of allylic oxidation sites excluding steroid dienone is 2. The minimum Gasteiger partial charge on any atom is -0.155 e. The Morgan fingerprint density at radius 3 is 1.38 bits per heavy atom. The highest BCUT2D eigenvalue weighted by molar-refractivity contribution is 6.01. The van der Waals surface area contributed by atoms with E-state index in [9.17, 15) is 0 Å². The van der Waals surface area contributed by atoms with Crippen LogP contribution in [0, 0.1) is 0 Å². The molecule has 0 aromatic heterocycles. The van der Waals surface area contributed by atoms with Crippen LogP contribution in [0.3, 0.4) is 0 Å². The van der Waals surface area contributed by atoms with Crippen molar-refractivity contribution in [2.75, 3.05) is 0 Å². The maximum absolute atomic E-state index is 4.41. The highest BCUT2D eigenvalue weighted by atomic mass is 15.2. The molecule has 2 nitrogen and oxygen atoms in total. The molecule has 0 radical (unpaired) electrons. The zero-order valence-corrected chi connectivity index (χ0v) is 14.4. The zero-order valence-electron chi connectivity index (χ0n) is 14.4. The quantitative estimate of drug-likeness (QED) is 0.440. The SMILES string of the molecule is CCC(/C=C\c1ccccc1)=N/N=C(\C=C/c1ccccc1)CC. The Bertz CT molecular complexity index is 658. The summed E-state index contributed by atoms with van der Waals surface area (Å²) >= 11 is 0. The smallest absolute Gasteiger partial charge is 0.0628 e. The average Bonchev–Trinajstić information content (AvgIpc) is 2.65. The van der Waals surface area contributed by atoms with Gasteiger partial charge < -0.3 is 0 Å². The number of hydrogen-bond acceptors (Lipinski definition) is 2. The summed E-state index contributed by atoms with van der Waals surface area (Å²) < 4.78 is 0. The van der Waals surface area contributed by atoms with E-state index in [0.717, 1.165) is 24.3 Å². The van der Waals surface area contributed by atoms with E-state index in [0.29, 0.717) is 0 Å². The van der Waals surface area contributed by atoms with Gasteiger partial charge in [0.1, 0.15) is 0 Å². The highest BCUT2D eigenvalue weighted by Crippen LogP contribution is 2.04. The van der Waals surface area contributed by atoms with Gasteiger partial charge in [-0.05, 0) is 36.1 Å². The Kier molecular flexibility index (Phi) is 7.42. The van der Waals surface area contributed by atoms with E-state index in [1.807, 2.05) is 48.6 Å². The predicted octanol–water partition coefficient (Wildman–Crippen LogP) is 6.03. The molecule has 2 aromatic carbocycles. The lowest BCUT2D eigenvalue weighted by atomic mass is 10.2. The Hall–Kier alpha value is -2.74. The fourth-order valence-corrected chi connectivity index (χ4v) is 2.09. The van der Waals surface area contributed by atoms with Crippen LogP contribution in [0.25, 0.3) is 12.2 Å². The first-order valence-corrected chi connectivity index (χ1v) is 8.41. The van der Waals surface area contributed by atoms with Gasteiger partial charge in [-0.3, -0.25) is 0 Å². The van der Waals surface area contributed by atoms with E-state index in [2.05, 4.69) is 60.5 Å². The molecule has 0 aliphatic rings. The molecule has 0 heterocycles. The van der Waals surface area contributed by atoms with Crippen LogP contribution in [-0.4, -0.2) is 11.4 Å². The molecule has 24 heavy (non-hydrogen) atoms. The Labute approximate surface area is 145 Å². The van der Waals surface area contributed by atoms with Crippen molar-refractivity contribution >= 4 is 23.6 Å². The number of nitrogens with zero attached hydrogens (tertiary/aromatic N) is 2. The molecule has 0 spiro atoms. The minimum atomic E-state index is 0.853. The molecule has 122 valence electrons. The van der Waals surface area contributed by atoms with Crippen LogP contribution in [0.5, 0.6) is 0 Å². The molecule has 2 rings (SSSR count). The second kappa shape index (κ2) is 10.1. The van der Waals surface area contributed by atoms with Crippen LogP contribution >= 0.6 is 0 Å². The lowest BCUT2D eigenvalue weighted by Gasteiger charge is -1.97. The zero-order chi connectivity index (χ0) is 17.0. The summed E-state index contributed by atoms with van der Waals surface area (Å²) in [7, 11) is 0. The molecule has 0 N–H and O–H groups in total. The van der Waals surface area contributed by atoms with Gasteiger partial charge in [0.05, 0.1) is 11.4 Å². The van der Waals surface area contributed by atoms with Crippen molar-refractivity contribution in [2.45, 2.75) is 26.7 Å². The van der Waals surface area contributed by atoms with E-state index in [4.69, 9.17) is 0 Å². The summed E-state index contributed by atoms with van der Waals surface area (Å²) in [5, 5.41) is 8.81. The predicted molar refractivity (Wildman–Crippen MR) is 106 cm³/mol. The van der Waals surface area contributed by atoms with Gasteiger partial charge in [-0.25, -0.2) is 0 Å². The van der Waals surface area contributed by atoms with Crippen molar-refractivity contribution in [3.63, 3.8) is 0 Å². The van der Waals surface area contributed by atoms with Gasteiger partial charge in [0.25, 0.3) is 0 Å². The van der Waals surface area contributed by atoms with Crippen LogP contribution in [-0.2, 0) is 0 Å². The van der Waals surface area contributed by atoms with Gasteiger partial charge in [0, 0.05) is 0 Å². The molecule has 0 aliphatic heterocycles. The molecule has 0 saturated heterocycles. The Morgan fingerprint density at radius 2 is 1.04 bits per heavy atom. The number of hydrogen-bond donors (Lipinski definition) is 0. The van der Waals surface area contributed by atoms with Crippen molar-refractivity contribution in [2.24, 2.45) is 10.2 Å². The average molecular weight is 316 g/mol. The third-order valence-electron chi connectivity index (χ3n) is 3.57. The van der Waals surface area contributed by atoms with Crippen LogP contribution in [0.15, 0.2) is 83.0 Å². The first-order valence-electron chi connectivity index (χ1n) is 8.41. The summed E-state index contributed by atoms with van der Waals surface area (Å²) in [5.41, 5.74) is 4.28. The number of benzene rings is 2. The first-order chi connectivity index (χ1) is 11.8. The summed E-state index contributed by atoms with van der Waals surface area (Å²) in [6.45, 7) is 4.18. The van der Waals surface area contributed by atoms with Gasteiger partial charge in [0.15, 0.2) is 0 Å². The first kappa shape index (κ1) is 17.6. The minimum absolute atomic E-state index is 0.853. The van der Waals surface area contributed by atoms with E-state index < -0.39 is 0 Å². The van der Waals surface area contributed by atoms with Gasteiger partial charge in [0.2, 0.25) is 0 Å². The lowest BCUT2D eigenvalue weighted by molar-refractivity contribution is 1.15. The summed E-state index contributed by atoms with van der Waals surface area (Å²) in [4.78, 5) is 0. The third-order valence-corrected chi connectivity index (χ3v) is 3.57. The van der Waals surface area contributed by atoms with E-state index in [1.165, 1.54) is 11.1 Å². The van der Waals surface area contributed by atoms with E-state index in [1.54, 1.807) is 0 Å². The molecule has 0 atom stereocenters. The summed E-state index contributed by atoms with van der Waals surface area (Å²) in [5.74, 6) is 0. The molecule has 0 amide bonds. The molecule has 2 aromatic rings. The molecular formula is C22H24N2. The fourth-order valence-electron chi connectivity index (χ4n) is 2.09. The van der Waals surface area contributed by atoms with Crippen molar-refractivity contribution < 1.29 is 0 Å².